The summed E-state index contributed by atoms with van der Waals surface area (Å²) in [6.45, 7) is 6.15. The second-order valence-electron chi connectivity index (χ2n) is 5.62. The molecule has 4 aromatic carbocycles. The van der Waals surface area contributed by atoms with Crippen molar-refractivity contribution in [1.82, 2.24) is 0 Å². The van der Waals surface area contributed by atoms with Crippen molar-refractivity contribution >= 4 is 79.7 Å². The molecule has 27 heavy (non-hydrogen) atoms. The van der Waals surface area contributed by atoms with Crippen molar-refractivity contribution in [3.8, 4) is 0 Å². The van der Waals surface area contributed by atoms with E-state index in [0.29, 0.717) is 0 Å². The summed E-state index contributed by atoms with van der Waals surface area (Å²) in [5.41, 5.74) is 2.65. The second kappa shape index (κ2) is 13.7. The van der Waals surface area contributed by atoms with Crippen LogP contribution in [0.15, 0.2) is 69.6 Å². The second-order valence-corrected chi connectivity index (χ2v) is 11.1. The Bertz CT molecular complexity index is 885. The van der Waals surface area contributed by atoms with Crippen LogP contribution in [-0.4, -0.2) is 6.66 Å². The van der Waals surface area contributed by atoms with E-state index in [1.807, 2.05) is 6.66 Å². The van der Waals surface area contributed by atoms with E-state index in [4.69, 9.17) is 17.0 Å². The van der Waals surface area contributed by atoms with Crippen LogP contribution < -0.4 is 0 Å². The van der Waals surface area contributed by atoms with Crippen LogP contribution in [0.25, 0.3) is 21.5 Å². The summed E-state index contributed by atoms with van der Waals surface area (Å²) in [7, 11) is 12.3. The van der Waals surface area contributed by atoms with E-state index in [1.165, 1.54) is 41.6 Å². The standard InChI is InChI=1S/2C10H8Br.CH5P.2ClH.Zr/c2*1-7-5-8-3-2-4-10(11)9(8)6-7;1-2;;;/h2*2-6H,1H3;2H2,1H3;2*1H;/q2*-1;;;;+4/p-2. The maximum atomic E-state index is 4.93. The number of hydrogen-bond donors (Lipinski definition) is 0. The Morgan fingerprint density at radius 1 is 0.778 bits per heavy atom. The predicted octanol–water partition coefficient (Wildman–Crippen LogP) is 9.13. The topological polar surface area (TPSA) is 0 Å². The molecule has 0 aliphatic rings. The summed E-state index contributed by atoms with van der Waals surface area (Å²) < 4.78 is 2.37. The Morgan fingerprint density at radius 2 is 1.11 bits per heavy atom. The molecule has 0 saturated carbocycles. The Labute approximate surface area is 199 Å². The minimum atomic E-state index is -0.826. The van der Waals surface area contributed by atoms with Gasteiger partial charge < -0.3 is 0 Å². The molecular formula is C21H21Br2Cl2PZr. The summed E-state index contributed by atoms with van der Waals surface area (Å²) in [6.07, 6.45) is 0. The number of hydrogen-bond acceptors (Lipinski definition) is 0. The third-order valence-corrected chi connectivity index (χ3v) is 5.07. The number of benzene rings is 2. The Kier molecular flexibility index (Phi) is 12.9. The van der Waals surface area contributed by atoms with E-state index in [2.05, 4.69) is 116 Å². The molecule has 0 radical (unpaired) electrons. The summed E-state index contributed by atoms with van der Waals surface area (Å²) in [5.74, 6) is 0. The SMILES string of the molecule is CP.Cc1cc2c(Br)cccc2[cH-]1.Cc1cc2c(Br)cccc2[cH-]1.[Cl][Zr+2][Cl]. The van der Waals surface area contributed by atoms with E-state index in [0.717, 1.165) is 0 Å². The maximum absolute atomic E-state index is 4.93. The van der Waals surface area contributed by atoms with Gasteiger partial charge in [0.05, 0.1) is 0 Å². The number of fused-ring (bicyclic) bond motifs is 2. The fourth-order valence-electron chi connectivity index (χ4n) is 2.69. The van der Waals surface area contributed by atoms with Gasteiger partial charge in [0.25, 0.3) is 0 Å². The summed E-state index contributed by atoms with van der Waals surface area (Å²) >= 11 is 6.19. The van der Waals surface area contributed by atoms with E-state index < -0.39 is 20.8 Å². The van der Waals surface area contributed by atoms with Gasteiger partial charge in [-0.1, -0.05) is 64.5 Å². The van der Waals surface area contributed by atoms with E-state index in [1.54, 1.807) is 0 Å². The van der Waals surface area contributed by atoms with Crippen LogP contribution in [0.4, 0.5) is 0 Å². The number of rotatable bonds is 0. The van der Waals surface area contributed by atoms with Crippen LogP contribution in [0, 0.1) is 13.8 Å². The Balaban J connectivity index is 0.000000219. The molecule has 0 aliphatic carbocycles. The van der Waals surface area contributed by atoms with Crippen molar-refractivity contribution in [2.45, 2.75) is 13.8 Å². The first kappa shape index (κ1) is 25.5. The van der Waals surface area contributed by atoms with E-state index >= 15 is 0 Å². The van der Waals surface area contributed by atoms with Crippen LogP contribution in [0.2, 0.25) is 0 Å². The van der Waals surface area contributed by atoms with Crippen molar-refractivity contribution in [2.24, 2.45) is 0 Å². The first-order valence-electron chi connectivity index (χ1n) is 8.13. The van der Waals surface area contributed by atoms with Gasteiger partial charge >= 0.3 is 37.9 Å². The molecule has 1 unspecified atom stereocenters. The zero-order valence-electron chi connectivity index (χ0n) is 15.4. The normalized spacial score (nSPS) is 9.33. The van der Waals surface area contributed by atoms with Crippen molar-refractivity contribution in [2.75, 3.05) is 6.66 Å². The molecule has 0 aromatic heterocycles. The first-order chi connectivity index (χ1) is 13.0. The molecule has 142 valence electrons. The molecule has 6 heteroatoms. The monoisotopic (exact) mass is 622 g/mol. The number of aryl methyl sites for hydroxylation is 2. The molecule has 0 saturated heterocycles. The van der Waals surface area contributed by atoms with Gasteiger partial charge in [0.2, 0.25) is 0 Å². The molecule has 4 aromatic rings. The van der Waals surface area contributed by atoms with Crippen LogP contribution in [0.5, 0.6) is 0 Å². The van der Waals surface area contributed by atoms with Gasteiger partial charge in [0, 0.05) is 0 Å². The fraction of sp³-hybridized carbons (Fsp3) is 0.143. The molecule has 0 aliphatic heterocycles. The quantitative estimate of drug-likeness (QED) is 0.135. The van der Waals surface area contributed by atoms with Crippen molar-refractivity contribution in [1.29, 1.82) is 0 Å². The third kappa shape index (κ3) is 8.04. The molecule has 0 spiro atoms. The molecule has 1 atom stereocenters. The fourth-order valence-corrected chi connectivity index (χ4v) is 3.68. The summed E-state index contributed by atoms with van der Waals surface area (Å²) in [6, 6.07) is 21.3. The van der Waals surface area contributed by atoms with Crippen LogP contribution in [0.1, 0.15) is 11.1 Å². The summed E-state index contributed by atoms with van der Waals surface area (Å²) in [5, 5.41) is 5.25. The molecule has 0 N–H and O–H groups in total. The minimum absolute atomic E-state index is 0.826. The zero-order chi connectivity index (χ0) is 20.4. The zero-order valence-corrected chi connectivity index (χ0v) is 23.7. The molecule has 0 heterocycles. The van der Waals surface area contributed by atoms with Gasteiger partial charge in [0.15, 0.2) is 0 Å². The van der Waals surface area contributed by atoms with Gasteiger partial charge in [-0.3, -0.25) is 0 Å². The molecule has 0 nitrogen and oxygen atoms in total. The van der Waals surface area contributed by atoms with Crippen LogP contribution in [-0.2, 0) is 20.8 Å². The average molecular weight is 626 g/mol. The molecule has 0 bridgehead atoms. The predicted molar refractivity (Wildman–Crippen MR) is 131 cm³/mol. The molecule has 0 amide bonds. The van der Waals surface area contributed by atoms with Crippen LogP contribution >= 0.6 is 58.1 Å². The van der Waals surface area contributed by atoms with Crippen molar-refractivity contribution < 1.29 is 20.8 Å². The Morgan fingerprint density at radius 3 is 1.41 bits per heavy atom. The molecule has 4 rings (SSSR count). The molecule has 0 fully saturated rings. The van der Waals surface area contributed by atoms with Crippen LogP contribution in [0.3, 0.4) is 0 Å². The van der Waals surface area contributed by atoms with Crippen molar-refractivity contribution in [3.63, 3.8) is 0 Å². The van der Waals surface area contributed by atoms with E-state index in [-0.39, 0.29) is 0 Å². The van der Waals surface area contributed by atoms with Gasteiger partial charge in [-0.2, -0.15) is 12.1 Å². The first-order valence-corrected chi connectivity index (χ1v) is 17.2. The van der Waals surface area contributed by atoms with Gasteiger partial charge in [0.1, 0.15) is 0 Å². The van der Waals surface area contributed by atoms with E-state index in [9.17, 15) is 0 Å². The van der Waals surface area contributed by atoms with Crippen molar-refractivity contribution in [3.05, 3.63) is 80.7 Å². The van der Waals surface area contributed by atoms with Gasteiger partial charge in [-0.25, -0.2) is 0 Å². The number of halogens is 4. The average Bonchev–Trinajstić information content (AvgIpc) is 3.21. The Hall–Kier alpha value is 0.513. The van der Waals surface area contributed by atoms with Gasteiger partial charge in [-0.15, -0.1) is 78.3 Å². The summed E-state index contributed by atoms with van der Waals surface area (Å²) in [4.78, 5) is 0. The van der Waals surface area contributed by atoms with Gasteiger partial charge in [-0.05, 0) is 8.95 Å². The third-order valence-electron chi connectivity index (χ3n) is 3.68. The molecular weight excluding hydrogens is 605 g/mol.